The Morgan fingerprint density at radius 2 is 1.85 bits per heavy atom. The van der Waals surface area contributed by atoms with Crippen LogP contribution in [0.25, 0.3) is 11.1 Å². The summed E-state index contributed by atoms with van der Waals surface area (Å²) in [6.07, 6.45) is 1.47. The maximum atomic E-state index is 14.3. The number of benzene rings is 3. The fourth-order valence-corrected chi connectivity index (χ4v) is 3.66. The van der Waals surface area contributed by atoms with Crippen LogP contribution < -0.4 is 9.47 Å². The van der Waals surface area contributed by atoms with E-state index in [4.69, 9.17) is 25.8 Å². The Bertz CT molecular complexity index is 1100. The zero-order chi connectivity index (χ0) is 23.8. The highest BCUT2D eigenvalue weighted by Crippen LogP contribution is 2.35. The van der Waals surface area contributed by atoms with Crippen molar-refractivity contribution < 1.29 is 23.4 Å². The molecule has 0 saturated heterocycles. The first-order valence-corrected chi connectivity index (χ1v) is 11.3. The van der Waals surface area contributed by atoms with Gasteiger partial charge >= 0.3 is 5.97 Å². The summed E-state index contributed by atoms with van der Waals surface area (Å²) in [6.45, 7) is 4.41. The highest BCUT2D eigenvalue weighted by atomic mass is 35.5. The third-order valence-corrected chi connectivity index (χ3v) is 5.60. The monoisotopic (exact) mass is 470 g/mol. The average Bonchev–Trinajstić information content (AvgIpc) is 2.80. The Morgan fingerprint density at radius 1 is 1.06 bits per heavy atom. The van der Waals surface area contributed by atoms with Crippen LogP contribution in [0.1, 0.15) is 30.9 Å². The lowest BCUT2D eigenvalue weighted by molar-refractivity contribution is -0.140. The molecule has 6 heteroatoms. The normalized spacial score (nSPS) is 11.7. The van der Waals surface area contributed by atoms with E-state index in [9.17, 15) is 9.18 Å². The summed E-state index contributed by atoms with van der Waals surface area (Å²) >= 11 is 6.15. The van der Waals surface area contributed by atoms with Gasteiger partial charge in [-0.25, -0.2) is 4.39 Å². The van der Waals surface area contributed by atoms with Crippen LogP contribution in [0, 0.1) is 12.7 Å². The van der Waals surface area contributed by atoms with Gasteiger partial charge in [0.1, 0.15) is 17.3 Å². The number of hydrogen-bond acceptors (Lipinski definition) is 4. The van der Waals surface area contributed by atoms with E-state index in [-0.39, 0.29) is 17.9 Å². The highest BCUT2D eigenvalue weighted by molar-refractivity contribution is 6.31. The van der Waals surface area contributed by atoms with Crippen LogP contribution in [-0.4, -0.2) is 25.8 Å². The molecule has 0 N–H and O–H groups in total. The molecule has 0 fully saturated rings. The molecule has 0 saturated carbocycles. The van der Waals surface area contributed by atoms with Crippen LogP contribution in [0.4, 0.5) is 4.39 Å². The topological polar surface area (TPSA) is 44.8 Å². The fourth-order valence-electron chi connectivity index (χ4n) is 3.49. The second-order valence-corrected chi connectivity index (χ2v) is 8.29. The Balaban J connectivity index is 1.57. The molecule has 3 aromatic carbocycles. The van der Waals surface area contributed by atoms with Gasteiger partial charge in [0.25, 0.3) is 0 Å². The number of esters is 1. The van der Waals surface area contributed by atoms with Gasteiger partial charge in [-0.3, -0.25) is 4.79 Å². The minimum absolute atomic E-state index is 0.155. The van der Waals surface area contributed by atoms with Gasteiger partial charge in [-0.2, -0.15) is 0 Å². The first-order valence-electron chi connectivity index (χ1n) is 10.9. The lowest BCUT2D eigenvalue weighted by Gasteiger charge is -2.19. The zero-order valence-corrected chi connectivity index (χ0v) is 19.8. The summed E-state index contributed by atoms with van der Waals surface area (Å²) in [5, 5.41) is 0.516. The predicted octanol–water partition coefficient (Wildman–Crippen LogP) is 6.80. The van der Waals surface area contributed by atoms with E-state index >= 15 is 0 Å². The van der Waals surface area contributed by atoms with Crippen molar-refractivity contribution in [3.63, 3.8) is 0 Å². The number of methoxy groups -OCH3 is 1. The lowest BCUT2D eigenvalue weighted by atomic mass is 10.0. The summed E-state index contributed by atoms with van der Waals surface area (Å²) in [6, 6.07) is 17.6. The Morgan fingerprint density at radius 3 is 2.58 bits per heavy atom. The molecular weight excluding hydrogens is 443 g/mol. The van der Waals surface area contributed by atoms with Crippen LogP contribution in [0.15, 0.2) is 60.7 Å². The van der Waals surface area contributed by atoms with E-state index in [2.05, 4.69) is 0 Å². The van der Waals surface area contributed by atoms with Crippen LogP contribution in [0.5, 0.6) is 11.5 Å². The first kappa shape index (κ1) is 24.6. The quantitative estimate of drug-likeness (QED) is 0.306. The molecule has 0 spiro atoms. The van der Waals surface area contributed by atoms with Crippen molar-refractivity contribution in [2.24, 2.45) is 0 Å². The molecule has 4 nitrogen and oxygen atoms in total. The molecule has 0 aliphatic heterocycles. The molecule has 1 atom stereocenters. The van der Waals surface area contributed by atoms with E-state index in [1.54, 1.807) is 36.4 Å². The molecule has 33 heavy (non-hydrogen) atoms. The lowest BCUT2D eigenvalue weighted by Crippen LogP contribution is -2.16. The molecule has 174 valence electrons. The number of rotatable bonds is 10. The molecule has 0 amide bonds. The van der Waals surface area contributed by atoms with E-state index in [1.165, 1.54) is 13.2 Å². The van der Waals surface area contributed by atoms with Crippen LogP contribution in [0.3, 0.4) is 0 Å². The summed E-state index contributed by atoms with van der Waals surface area (Å²) in [5.74, 6) is 0.788. The molecule has 0 aromatic heterocycles. The van der Waals surface area contributed by atoms with Crippen molar-refractivity contribution in [1.82, 2.24) is 0 Å². The highest BCUT2D eigenvalue weighted by Gasteiger charge is 2.14. The summed E-state index contributed by atoms with van der Waals surface area (Å²) < 4.78 is 31.0. The second-order valence-electron chi connectivity index (χ2n) is 7.85. The van der Waals surface area contributed by atoms with Gasteiger partial charge in [0.2, 0.25) is 0 Å². The second kappa shape index (κ2) is 11.7. The standard InChI is InChI=1S/C27H28ClFO4/c1-18-16-22(11-8-20(18)9-13-27(30)31-3)32-15-14-19(2)33-26-12-10-21(28)17-24(26)23-6-4-5-7-25(23)29/h4-8,10-12,16-17,19H,9,13-15H2,1-3H3/t19-/m1/s1. The minimum Gasteiger partial charge on any atom is -0.493 e. The molecule has 0 unspecified atom stereocenters. The molecule has 0 aliphatic rings. The van der Waals surface area contributed by atoms with Gasteiger partial charge in [-0.1, -0.05) is 35.9 Å². The molecular formula is C27H28ClFO4. The first-order chi connectivity index (χ1) is 15.9. The largest absolute Gasteiger partial charge is 0.493 e. The number of ether oxygens (including phenoxy) is 3. The smallest absolute Gasteiger partial charge is 0.305 e. The van der Waals surface area contributed by atoms with Crippen LogP contribution in [-0.2, 0) is 16.0 Å². The molecule has 0 aliphatic carbocycles. The molecule has 0 radical (unpaired) electrons. The summed E-state index contributed by atoms with van der Waals surface area (Å²) in [4.78, 5) is 11.4. The van der Waals surface area contributed by atoms with Crippen molar-refractivity contribution >= 4 is 17.6 Å². The van der Waals surface area contributed by atoms with E-state index in [1.807, 2.05) is 32.0 Å². The van der Waals surface area contributed by atoms with Crippen molar-refractivity contribution in [3.05, 3.63) is 82.6 Å². The van der Waals surface area contributed by atoms with Crippen molar-refractivity contribution in [1.29, 1.82) is 0 Å². The molecule has 3 rings (SSSR count). The third kappa shape index (κ3) is 6.96. The predicted molar refractivity (Wildman–Crippen MR) is 129 cm³/mol. The Kier molecular flexibility index (Phi) is 8.72. The maximum absolute atomic E-state index is 14.3. The summed E-state index contributed by atoms with van der Waals surface area (Å²) in [7, 11) is 1.39. The SMILES string of the molecule is COC(=O)CCc1ccc(OCC[C@@H](C)Oc2ccc(Cl)cc2-c2ccccc2F)cc1C. The third-order valence-electron chi connectivity index (χ3n) is 5.37. The van der Waals surface area contributed by atoms with E-state index in [0.29, 0.717) is 47.8 Å². The van der Waals surface area contributed by atoms with Crippen molar-refractivity contribution in [2.75, 3.05) is 13.7 Å². The van der Waals surface area contributed by atoms with Crippen LogP contribution in [0.2, 0.25) is 5.02 Å². The number of aryl methyl sites for hydroxylation is 2. The number of carbonyl (C=O) groups is 1. The Hall–Kier alpha value is -3.05. The summed E-state index contributed by atoms with van der Waals surface area (Å²) in [5.41, 5.74) is 3.22. The minimum atomic E-state index is -0.328. The van der Waals surface area contributed by atoms with Crippen LogP contribution >= 0.6 is 11.6 Å². The van der Waals surface area contributed by atoms with Crippen molar-refractivity contribution in [2.45, 2.75) is 39.2 Å². The fraction of sp³-hybridized carbons (Fsp3) is 0.296. The molecule has 0 heterocycles. The van der Waals surface area contributed by atoms with Gasteiger partial charge in [-0.15, -0.1) is 0 Å². The van der Waals surface area contributed by atoms with Crippen molar-refractivity contribution in [3.8, 4) is 22.6 Å². The van der Waals surface area contributed by atoms with Gasteiger partial charge in [0.15, 0.2) is 0 Å². The number of halogens is 2. The van der Waals surface area contributed by atoms with E-state index < -0.39 is 0 Å². The van der Waals surface area contributed by atoms with Gasteiger partial charge < -0.3 is 14.2 Å². The molecule has 0 bridgehead atoms. The van der Waals surface area contributed by atoms with Gasteiger partial charge in [0.05, 0.1) is 19.8 Å². The van der Waals surface area contributed by atoms with Gasteiger partial charge in [0, 0.05) is 29.0 Å². The maximum Gasteiger partial charge on any atom is 0.305 e. The van der Waals surface area contributed by atoms with Gasteiger partial charge in [-0.05, 0) is 67.8 Å². The number of carbonyl (C=O) groups excluding carboxylic acids is 1. The Labute approximate surface area is 199 Å². The van der Waals surface area contributed by atoms with E-state index in [0.717, 1.165) is 16.9 Å². The average molecular weight is 471 g/mol. The molecule has 3 aromatic rings. The zero-order valence-electron chi connectivity index (χ0n) is 19.1. The number of hydrogen-bond donors (Lipinski definition) is 0.